The summed E-state index contributed by atoms with van der Waals surface area (Å²) in [6.07, 6.45) is 2.89. The molecule has 2 heterocycles. The lowest BCUT2D eigenvalue weighted by Gasteiger charge is -2.32. The van der Waals surface area contributed by atoms with E-state index in [2.05, 4.69) is 9.97 Å². The number of aromatic nitrogens is 2. The summed E-state index contributed by atoms with van der Waals surface area (Å²) in [6.45, 7) is 3.04. The number of nitrogens with one attached hydrogen (secondary N) is 1. The first-order chi connectivity index (χ1) is 7.48. The van der Waals surface area contributed by atoms with Gasteiger partial charge in [-0.05, 0) is 6.92 Å². The van der Waals surface area contributed by atoms with Gasteiger partial charge in [0.15, 0.2) is 0 Å². The van der Waals surface area contributed by atoms with E-state index in [0.717, 1.165) is 5.69 Å². The smallest absolute Gasteiger partial charge is 0.212 e. The van der Waals surface area contributed by atoms with Crippen molar-refractivity contribution in [2.75, 3.05) is 26.0 Å². The third kappa shape index (κ3) is 2.26. The van der Waals surface area contributed by atoms with Gasteiger partial charge in [0.1, 0.15) is 11.9 Å². The van der Waals surface area contributed by atoms with Crippen molar-refractivity contribution in [2.24, 2.45) is 0 Å². The lowest BCUT2D eigenvalue weighted by molar-refractivity contribution is 0.0296. The zero-order valence-electron chi connectivity index (χ0n) is 9.30. The van der Waals surface area contributed by atoms with Gasteiger partial charge in [-0.1, -0.05) is 0 Å². The van der Waals surface area contributed by atoms with Gasteiger partial charge < -0.3 is 9.72 Å². The molecule has 1 atom stereocenters. The van der Waals surface area contributed by atoms with Gasteiger partial charge in [-0.25, -0.2) is 13.4 Å². The molecule has 0 bridgehead atoms. The second kappa shape index (κ2) is 4.15. The van der Waals surface area contributed by atoms with Crippen LogP contribution in [0.15, 0.2) is 6.20 Å². The highest BCUT2D eigenvalue weighted by atomic mass is 32.2. The highest BCUT2D eigenvalue weighted by molar-refractivity contribution is 7.88. The van der Waals surface area contributed by atoms with E-state index in [1.54, 1.807) is 6.20 Å². The van der Waals surface area contributed by atoms with Crippen LogP contribution >= 0.6 is 0 Å². The lowest BCUT2D eigenvalue weighted by Crippen LogP contribution is -2.43. The van der Waals surface area contributed by atoms with Crippen LogP contribution in [0.5, 0.6) is 0 Å². The summed E-state index contributed by atoms with van der Waals surface area (Å²) in [5.74, 6) is 0.641. The van der Waals surface area contributed by atoms with Gasteiger partial charge in [0.05, 0.1) is 19.5 Å². The Kier molecular flexibility index (Phi) is 3.00. The van der Waals surface area contributed by atoms with Crippen LogP contribution in [-0.4, -0.2) is 48.7 Å². The number of morpholine rings is 1. The van der Waals surface area contributed by atoms with Crippen LogP contribution in [0.1, 0.15) is 17.6 Å². The predicted molar refractivity (Wildman–Crippen MR) is 58.4 cm³/mol. The SMILES string of the molecule is Cc1cnc([C@H]2COCCN2S(C)(=O)=O)[nH]1. The molecular weight excluding hydrogens is 230 g/mol. The molecule has 6 nitrogen and oxygen atoms in total. The van der Waals surface area contributed by atoms with E-state index >= 15 is 0 Å². The molecule has 1 aromatic heterocycles. The maximum absolute atomic E-state index is 11.6. The molecule has 1 aromatic rings. The molecule has 1 saturated heterocycles. The van der Waals surface area contributed by atoms with E-state index in [1.165, 1.54) is 10.6 Å². The van der Waals surface area contributed by atoms with Crippen molar-refractivity contribution < 1.29 is 13.2 Å². The Balaban J connectivity index is 2.30. The van der Waals surface area contributed by atoms with Gasteiger partial charge in [-0.15, -0.1) is 0 Å². The van der Waals surface area contributed by atoms with Gasteiger partial charge in [-0.3, -0.25) is 0 Å². The van der Waals surface area contributed by atoms with E-state index in [-0.39, 0.29) is 6.04 Å². The number of rotatable bonds is 2. The molecular formula is C9H15N3O3S. The Morgan fingerprint density at radius 2 is 2.38 bits per heavy atom. The average Bonchev–Trinajstić information content (AvgIpc) is 2.64. The fraction of sp³-hybridized carbons (Fsp3) is 0.667. The molecule has 0 saturated carbocycles. The summed E-state index contributed by atoms with van der Waals surface area (Å²) in [6, 6.07) is -0.336. The molecule has 0 aliphatic carbocycles. The molecule has 1 fully saturated rings. The van der Waals surface area contributed by atoms with Crippen molar-refractivity contribution in [1.29, 1.82) is 0 Å². The maximum Gasteiger partial charge on any atom is 0.212 e. The lowest BCUT2D eigenvalue weighted by atomic mass is 10.2. The van der Waals surface area contributed by atoms with Crippen LogP contribution in [0.3, 0.4) is 0 Å². The number of hydrogen-bond donors (Lipinski definition) is 1. The standard InChI is InChI=1S/C9H15N3O3S/c1-7-5-10-9(11-7)8-6-15-4-3-12(8)16(2,13)14/h5,8H,3-4,6H2,1-2H3,(H,10,11)/t8-/m1/s1. The van der Waals surface area contributed by atoms with E-state index in [9.17, 15) is 8.42 Å². The van der Waals surface area contributed by atoms with Crippen molar-refractivity contribution in [3.63, 3.8) is 0 Å². The minimum Gasteiger partial charge on any atom is -0.378 e. The molecule has 1 aliphatic heterocycles. The molecule has 0 spiro atoms. The van der Waals surface area contributed by atoms with Gasteiger partial charge in [-0.2, -0.15) is 4.31 Å². The number of aromatic amines is 1. The predicted octanol–water partition coefficient (Wildman–Crippen LogP) is 0.0510. The number of nitrogens with zero attached hydrogens (tertiary/aromatic N) is 2. The van der Waals surface area contributed by atoms with E-state index in [1.807, 2.05) is 6.92 Å². The Labute approximate surface area is 94.7 Å². The third-order valence-corrected chi connectivity index (χ3v) is 3.83. The largest absolute Gasteiger partial charge is 0.378 e. The molecule has 0 radical (unpaired) electrons. The molecule has 90 valence electrons. The van der Waals surface area contributed by atoms with E-state index in [0.29, 0.717) is 25.6 Å². The Bertz CT molecular complexity index is 468. The monoisotopic (exact) mass is 245 g/mol. The third-order valence-electron chi connectivity index (χ3n) is 2.54. The van der Waals surface area contributed by atoms with E-state index < -0.39 is 10.0 Å². The van der Waals surface area contributed by atoms with Gasteiger partial charge in [0.2, 0.25) is 10.0 Å². The minimum absolute atomic E-state index is 0.336. The van der Waals surface area contributed by atoms with Gasteiger partial charge >= 0.3 is 0 Å². The van der Waals surface area contributed by atoms with Crippen molar-refractivity contribution in [3.05, 3.63) is 17.7 Å². The van der Waals surface area contributed by atoms with Crippen LogP contribution < -0.4 is 0 Å². The Morgan fingerprint density at radius 1 is 1.62 bits per heavy atom. The van der Waals surface area contributed by atoms with Crippen molar-refractivity contribution >= 4 is 10.0 Å². The van der Waals surface area contributed by atoms with Crippen LogP contribution in [-0.2, 0) is 14.8 Å². The first-order valence-electron chi connectivity index (χ1n) is 5.04. The van der Waals surface area contributed by atoms with Crippen molar-refractivity contribution in [2.45, 2.75) is 13.0 Å². The fourth-order valence-electron chi connectivity index (χ4n) is 1.80. The topological polar surface area (TPSA) is 75.3 Å². The number of imidazole rings is 1. The molecule has 0 amide bonds. The summed E-state index contributed by atoms with van der Waals surface area (Å²) in [4.78, 5) is 7.21. The van der Waals surface area contributed by atoms with Crippen LogP contribution in [0.25, 0.3) is 0 Å². The summed E-state index contributed by atoms with van der Waals surface area (Å²) < 4.78 is 29.9. The number of H-pyrrole nitrogens is 1. The van der Waals surface area contributed by atoms with Gasteiger partial charge in [0.25, 0.3) is 0 Å². The first kappa shape index (κ1) is 11.6. The van der Waals surface area contributed by atoms with E-state index in [4.69, 9.17) is 4.74 Å². The molecule has 7 heteroatoms. The van der Waals surface area contributed by atoms with Crippen molar-refractivity contribution in [1.82, 2.24) is 14.3 Å². The van der Waals surface area contributed by atoms with Crippen molar-refractivity contribution in [3.8, 4) is 0 Å². The Hall–Kier alpha value is -0.920. The molecule has 0 aromatic carbocycles. The average molecular weight is 245 g/mol. The fourth-order valence-corrected chi connectivity index (χ4v) is 2.83. The Morgan fingerprint density at radius 3 is 2.94 bits per heavy atom. The summed E-state index contributed by atoms with van der Waals surface area (Å²) in [5.41, 5.74) is 0.911. The minimum atomic E-state index is -3.22. The highest BCUT2D eigenvalue weighted by Crippen LogP contribution is 2.24. The van der Waals surface area contributed by atoms with Crippen LogP contribution in [0.4, 0.5) is 0 Å². The zero-order valence-corrected chi connectivity index (χ0v) is 10.1. The molecule has 2 rings (SSSR count). The number of hydrogen-bond acceptors (Lipinski definition) is 4. The quantitative estimate of drug-likeness (QED) is 0.799. The maximum atomic E-state index is 11.6. The normalized spacial score (nSPS) is 23.5. The number of ether oxygens (including phenoxy) is 1. The number of sulfonamides is 1. The van der Waals surface area contributed by atoms with Crippen LogP contribution in [0, 0.1) is 6.92 Å². The summed E-state index contributed by atoms with van der Waals surface area (Å²) in [5, 5.41) is 0. The zero-order chi connectivity index (χ0) is 11.8. The highest BCUT2D eigenvalue weighted by Gasteiger charge is 2.32. The first-order valence-corrected chi connectivity index (χ1v) is 6.89. The second-order valence-electron chi connectivity index (χ2n) is 3.92. The number of aryl methyl sites for hydroxylation is 1. The van der Waals surface area contributed by atoms with Gasteiger partial charge in [0, 0.05) is 18.4 Å². The molecule has 0 unspecified atom stereocenters. The molecule has 1 aliphatic rings. The van der Waals surface area contributed by atoms with Crippen LogP contribution in [0.2, 0.25) is 0 Å². The molecule has 1 N–H and O–H groups in total. The summed E-state index contributed by atoms with van der Waals surface area (Å²) in [7, 11) is -3.22. The second-order valence-corrected chi connectivity index (χ2v) is 5.85. The summed E-state index contributed by atoms with van der Waals surface area (Å²) >= 11 is 0. The molecule has 16 heavy (non-hydrogen) atoms.